The quantitative estimate of drug-likeness (QED) is 0.189. The number of anilines is 1. The number of aromatic nitrogens is 5. The Hall–Kier alpha value is -5.70. The molecule has 0 radical (unpaired) electrons. The molecule has 4 heterocycles. The normalized spacial score (nSPS) is 13.5. The largest absolute Gasteiger partial charge is 0.497 e. The highest BCUT2D eigenvalue weighted by Crippen LogP contribution is 2.44. The molecule has 0 bridgehead atoms. The highest BCUT2D eigenvalue weighted by Gasteiger charge is 2.48. The van der Waals surface area contributed by atoms with Crippen LogP contribution in [0.5, 0.6) is 5.75 Å². The number of hydrogen-bond donors (Lipinski definition) is 0. The number of benzene rings is 2. The maximum absolute atomic E-state index is 14.6. The molecule has 0 fully saturated rings. The second-order valence-electron chi connectivity index (χ2n) is 10.8. The topological polar surface area (TPSA) is 136 Å². The minimum atomic E-state index is -1.09. The number of carbonyl (C=O) groups excluding carboxylic acids is 2. The Morgan fingerprint density at radius 1 is 1.05 bits per heavy atom. The van der Waals surface area contributed by atoms with Crippen LogP contribution in [-0.4, -0.2) is 43.7 Å². The zero-order valence-corrected chi connectivity index (χ0v) is 24.1. The number of carbonyl (C=O) groups is 2. The van der Waals surface area contributed by atoms with Crippen LogP contribution in [0.3, 0.4) is 0 Å². The van der Waals surface area contributed by atoms with Gasteiger partial charge in [-0.1, -0.05) is 30.3 Å². The zero-order valence-electron chi connectivity index (χ0n) is 24.1. The van der Waals surface area contributed by atoms with Crippen molar-refractivity contribution < 1.29 is 23.5 Å². The molecule has 5 aromatic rings. The summed E-state index contributed by atoms with van der Waals surface area (Å²) in [5, 5.41) is 14.3. The maximum atomic E-state index is 14.6. The second-order valence-corrected chi connectivity index (χ2v) is 10.8. The molecule has 0 atom stereocenters. The smallest absolute Gasteiger partial charge is 0.327 e. The first-order valence-corrected chi connectivity index (χ1v) is 13.7. The van der Waals surface area contributed by atoms with Crippen LogP contribution >= 0.6 is 0 Å². The summed E-state index contributed by atoms with van der Waals surface area (Å²) in [7, 11) is 1.58. The maximum Gasteiger partial charge on any atom is 0.327 e. The molecule has 44 heavy (non-hydrogen) atoms. The third-order valence-corrected chi connectivity index (χ3v) is 7.59. The summed E-state index contributed by atoms with van der Waals surface area (Å²) in [4.78, 5) is 42.0. The number of esters is 1. The van der Waals surface area contributed by atoms with Gasteiger partial charge in [0.2, 0.25) is 5.91 Å². The van der Waals surface area contributed by atoms with Gasteiger partial charge in [0.1, 0.15) is 23.1 Å². The van der Waals surface area contributed by atoms with E-state index in [0.29, 0.717) is 39.4 Å². The molecule has 1 aliphatic heterocycles. The second kappa shape index (κ2) is 11.2. The number of nitriles is 1. The van der Waals surface area contributed by atoms with Crippen LogP contribution in [0, 0.1) is 17.3 Å². The lowest BCUT2D eigenvalue weighted by molar-refractivity contribution is -0.136. The van der Waals surface area contributed by atoms with E-state index in [4.69, 9.17) is 25.1 Å². The Balaban J connectivity index is 1.52. The Bertz CT molecular complexity index is 1960. The van der Waals surface area contributed by atoms with Crippen molar-refractivity contribution in [2.45, 2.75) is 38.8 Å². The fraction of sp³-hybridized carbons (Fsp3) is 0.219. The van der Waals surface area contributed by atoms with Gasteiger partial charge in [-0.25, -0.2) is 24.0 Å². The monoisotopic (exact) mass is 591 g/mol. The van der Waals surface area contributed by atoms with Crippen LogP contribution in [0.25, 0.3) is 22.6 Å². The molecule has 12 heteroatoms. The summed E-state index contributed by atoms with van der Waals surface area (Å²) in [6.45, 7) is 3.78. The van der Waals surface area contributed by atoms with Crippen molar-refractivity contribution in [1.82, 2.24) is 24.7 Å². The van der Waals surface area contributed by atoms with E-state index in [1.807, 2.05) is 12.1 Å². The zero-order chi connectivity index (χ0) is 31.0. The van der Waals surface area contributed by atoms with E-state index >= 15 is 0 Å². The van der Waals surface area contributed by atoms with Crippen molar-refractivity contribution in [3.8, 4) is 23.5 Å². The van der Waals surface area contributed by atoms with Crippen LogP contribution in [0.4, 0.5) is 10.2 Å². The molecule has 1 amide bonds. The van der Waals surface area contributed by atoms with E-state index in [1.165, 1.54) is 12.3 Å². The van der Waals surface area contributed by atoms with Gasteiger partial charge < -0.3 is 9.47 Å². The van der Waals surface area contributed by atoms with Crippen molar-refractivity contribution in [2.75, 3.05) is 12.0 Å². The first kappa shape index (κ1) is 28.4. The Labute approximate surface area is 251 Å². The molecular formula is C32H26FN7O4. The van der Waals surface area contributed by atoms with Crippen molar-refractivity contribution in [2.24, 2.45) is 0 Å². The molecule has 220 valence electrons. The van der Waals surface area contributed by atoms with E-state index in [2.05, 4.69) is 9.72 Å². The number of halogens is 1. The van der Waals surface area contributed by atoms with E-state index in [0.717, 1.165) is 5.56 Å². The molecule has 11 nitrogen and oxygen atoms in total. The van der Waals surface area contributed by atoms with Gasteiger partial charge in [-0.05, 0) is 49.7 Å². The summed E-state index contributed by atoms with van der Waals surface area (Å²) in [6, 6.07) is 17.3. The minimum absolute atomic E-state index is 0.0988. The number of amides is 1. The molecule has 3 aromatic heterocycles. The minimum Gasteiger partial charge on any atom is -0.497 e. The highest BCUT2D eigenvalue weighted by atomic mass is 19.1. The third kappa shape index (κ3) is 4.98. The number of fused-ring (bicyclic) bond motifs is 2. The number of methoxy groups -OCH3 is 1. The number of rotatable bonds is 8. The van der Waals surface area contributed by atoms with E-state index < -0.39 is 11.4 Å². The van der Waals surface area contributed by atoms with Gasteiger partial charge in [0.25, 0.3) is 6.26 Å². The van der Waals surface area contributed by atoms with Crippen molar-refractivity contribution in [3.63, 3.8) is 0 Å². The highest BCUT2D eigenvalue weighted by molar-refractivity contribution is 6.07. The Morgan fingerprint density at radius 3 is 2.55 bits per heavy atom. The van der Waals surface area contributed by atoms with Gasteiger partial charge in [-0.3, -0.25) is 14.5 Å². The average Bonchev–Trinajstić information content (AvgIpc) is 3.47. The first-order valence-electron chi connectivity index (χ1n) is 13.7. The molecule has 0 N–H and O–H groups in total. The predicted molar refractivity (Wildman–Crippen MR) is 157 cm³/mol. The number of ether oxygens (including phenoxy) is 2. The molecule has 1 aliphatic rings. The molecule has 0 spiro atoms. The van der Waals surface area contributed by atoms with Gasteiger partial charge in [-0.2, -0.15) is 5.10 Å². The molecule has 0 unspecified atom stereocenters. The van der Waals surface area contributed by atoms with Crippen LogP contribution in [-0.2, 0) is 39.3 Å². The van der Waals surface area contributed by atoms with E-state index in [1.54, 1.807) is 79.2 Å². The van der Waals surface area contributed by atoms with Crippen molar-refractivity contribution >= 4 is 28.7 Å². The summed E-state index contributed by atoms with van der Waals surface area (Å²) in [6.07, 6.45) is 2.64. The van der Waals surface area contributed by atoms with Gasteiger partial charge in [0.05, 0.1) is 43.1 Å². The van der Waals surface area contributed by atoms with Crippen molar-refractivity contribution in [1.29, 1.82) is 5.26 Å². The summed E-state index contributed by atoms with van der Waals surface area (Å²) >= 11 is 0. The summed E-state index contributed by atoms with van der Waals surface area (Å²) in [5.41, 5.74) is 1.68. The number of pyridine rings is 1. The summed E-state index contributed by atoms with van der Waals surface area (Å²) in [5.74, 6) is -0.304. The molecule has 6 rings (SSSR count). The van der Waals surface area contributed by atoms with Gasteiger partial charge in [0, 0.05) is 17.3 Å². The third-order valence-electron chi connectivity index (χ3n) is 7.59. The molecule has 2 aromatic carbocycles. The van der Waals surface area contributed by atoms with Gasteiger partial charge in [0.15, 0.2) is 11.5 Å². The molecule has 0 aliphatic carbocycles. The van der Waals surface area contributed by atoms with E-state index in [-0.39, 0.29) is 42.8 Å². The lowest BCUT2D eigenvalue weighted by Gasteiger charge is -2.20. The van der Waals surface area contributed by atoms with Gasteiger partial charge >= 0.3 is 5.97 Å². The standard InChI is InChI=1S/C32H26FN7O4/c1-32(2)26-24(15-25(41)44-18-34)36-28(37-30(26)39(31(32)42)16-19-10-12-21(43-3)13-11-19)27-22-8-6-14-35-29(22)40(38-27)17-20-7-4-5-9-23(20)33/h4-14H,15-17H2,1-3H3. The molecule has 0 saturated carbocycles. The fourth-order valence-corrected chi connectivity index (χ4v) is 5.46. The van der Waals surface area contributed by atoms with E-state index in [9.17, 15) is 14.0 Å². The molecular weight excluding hydrogens is 565 g/mol. The fourth-order valence-electron chi connectivity index (χ4n) is 5.46. The number of nitrogens with zero attached hydrogens (tertiary/aromatic N) is 7. The predicted octanol–water partition coefficient (Wildman–Crippen LogP) is 4.48. The molecule has 0 saturated heterocycles. The lowest BCUT2D eigenvalue weighted by atomic mass is 9.85. The van der Waals surface area contributed by atoms with Crippen LogP contribution in [0.1, 0.15) is 36.2 Å². The Kier molecular flexibility index (Phi) is 7.22. The van der Waals surface area contributed by atoms with Gasteiger partial charge in [-0.15, -0.1) is 5.26 Å². The summed E-state index contributed by atoms with van der Waals surface area (Å²) < 4.78 is 26.0. The SMILES string of the molecule is COc1ccc(CN2C(=O)C(C)(C)c3c(CC(=O)OC#N)nc(-c4nn(Cc5ccccc5F)c5ncccc45)nc32)cc1. The van der Waals surface area contributed by atoms with Crippen molar-refractivity contribution in [3.05, 3.63) is 95.1 Å². The number of hydrogen-bond acceptors (Lipinski definition) is 9. The Morgan fingerprint density at radius 2 is 1.82 bits per heavy atom. The first-order chi connectivity index (χ1) is 21.2. The van der Waals surface area contributed by atoms with Crippen LogP contribution in [0.15, 0.2) is 66.9 Å². The van der Waals surface area contributed by atoms with Crippen LogP contribution < -0.4 is 9.64 Å². The lowest BCUT2D eigenvalue weighted by Crippen LogP contribution is -2.36. The average molecular weight is 592 g/mol. The van der Waals surface area contributed by atoms with Crippen LogP contribution in [0.2, 0.25) is 0 Å².